The summed E-state index contributed by atoms with van der Waals surface area (Å²) in [6.45, 7) is 6.01. The highest BCUT2D eigenvalue weighted by Crippen LogP contribution is 2.20. The van der Waals surface area contributed by atoms with Crippen LogP contribution in [0.5, 0.6) is 0 Å². The minimum absolute atomic E-state index is 0.136. The molecule has 1 fully saturated rings. The monoisotopic (exact) mass is 350 g/mol. The smallest absolute Gasteiger partial charge is 0.410 e. The molecular formula is C18H26N2O5. The fraction of sp³-hybridized carbons (Fsp3) is 0.556. The van der Waals surface area contributed by atoms with Crippen LogP contribution >= 0.6 is 0 Å². The number of aliphatic hydroxyl groups excluding tert-OH is 1. The Labute approximate surface area is 147 Å². The molecule has 25 heavy (non-hydrogen) atoms. The summed E-state index contributed by atoms with van der Waals surface area (Å²) in [5.41, 5.74) is 0.296. The number of ether oxygens (including phenoxy) is 2. The zero-order valence-electron chi connectivity index (χ0n) is 14.9. The maximum atomic E-state index is 12.1. The standard InChI is InChI=1S/C18H26N2O5/c1-18(2,3)25-17(23)20-9-14(11-21)15(10-20)19-16(22)24-12-13-7-5-4-6-8-13/h4-8,14-15,21H,9-12H2,1-3H3,(H,19,22)/t14-,15-/m0/s1. The van der Waals surface area contributed by atoms with Crippen molar-refractivity contribution in [1.82, 2.24) is 10.2 Å². The van der Waals surface area contributed by atoms with Crippen LogP contribution in [0.1, 0.15) is 26.3 Å². The Morgan fingerprint density at radius 2 is 1.92 bits per heavy atom. The molecular weight excluding hydrogens is 324 g/mol. The molecule has 2 rings (SSSR count). The number of carbonyl (C=O) groups excluding carboxylic acids is 2. The van der Waals surface area contributed by atoms with E-state index in [9.17, 15) is 14.7 Å². The summed E-state index contributed by atoms with van der Waals surface area (Å²) in [5.74, 6) is -0.253. The number of amides is 2. The summed E-state index contributed by atoms with van der Waals surface area (Å²) in [6, 6.07) is 8.98. The van der Waals surface area contributed by atoms with Gasteiger partial charge in [0.2, 0.25) is 0 Å². The molecule has 1 aromatic carbocycles. The third-order valence-corrected chi connectivity index (χ3v) is 3.84. The van der Waals surface area contributed by atoms with E-state index in [0.717, 1.165) is 5.56 Å². The number of aliphatic hydroxyl groups is 1. The topological polar surface area (TPSA) is 88.1 Å². The van der Waals surface area contributed by atoms with Crippen LogP contribution in [0, 0.1) is 5.92 Å². The zero-order valence-corrected chi connectivity index (χ0v) is 14.9. The summed E-state index contributed by atoms with van der Waals surface area (Å²) in [4.78, 5) is 25.6. The van der Waals surface area contributed by atoms with Gasteiger partial charge in [-0.2, -0.15) is 0 Å². The molecule has 2 atom stereocenters. The molecule has 1 aromatic rings. The second-order valence-corrected chi connectivity index (χ2v) is 7.14. The number of hydrogen-bond donors (Lipinski definition) is 2. The van der Waals surface area contributed by atoms with Gasteiger partial charge < -0.3 is 24.8 Å². The van der Waals surface area contributed by atoms with Crippen molar-refractivity contribution < 1.29 is 24.2 Å². The van der Waals surface area contributed by atoms with E-state index in [0.29, 0.717) is 6.54 Å². The number of carbonyl (C=O) groups is 2. The molecule has 0 saturated carbocycles. The van der Waals surface area contributed by atoms with E-state index in [1.165, 1.54) is 4.90 Å². The average molecular weight is 350 g/mol. The van der Waals surface area contributed by atoms with Gasteiger partial charge in [0.25, 0.3) is 0 Å². The van der Waals surface area contributed by atoms with Gasteiger partial charge in [0.1, 0.15) is 12.2 Å². The Kier molecular flexibility index (Phi) is 6.25. The van der Waals surface area contributed by atoms with Gasteiger partial charge in [-0.05, 0) is 26.3 Å². The van der Waals surface area contributed by atoms with Gasteiger partial charge in [0.05, 0.1) is 6.04 Å². The van der Waals surface area contributed by atoms with Crippen LogP contribution in [0.4, 0.5) is 9.59 Å². The van der Waals surface area contributed by atoms with Crippen LogP contribution in [0.15, 0.2) is 30.3 Å². The third-order valence-electron chi connectivity index (χ3n) is 3.84. The molecule has 0 aromatic heterocycles. The first-order chi connectivity index (χ1) is 11.8. The van der Waals surface area contributed by atoms with E-state index < -0.39 is 17.8 Å². The number of likely N-dealkylation sites (tertiary alicyclic amines) is 1. The van der Waals surface area contributed by atoms with Crippen LogP contribution in [0.3, 0.4) is 0 Å². The summed E-state index contributed by atoms with van der Waals surface area (Å²) < 4.78 is 10.5. The van der Waals surface area contributed by atoms with E-state index >= 15 is 0 Å². The lowest BCUT2D eigenvalue weighted by Crippen LogP contribution is -2.42. The van der Waals surface area contributed by atoms with Gasteiger partial charge in [-0.15, -0.1) is 0 Å². The number of nitrogens with one attached hydrogen (secondary N) is 1. The van der Waals surface area contributed by atoms with Crippen molar-refractivity contribution in [3.05, 3.63) is 35.9 Å². The van der Waals surface area contributed by atoms with Gasteiger partial charge in [-0.1, -0.05) is 30.3 Å². The summed E-state index contributed by atoms with van der Waals surface area (Å²) in [7, 11) is 0. The van der Waals surface area contributed by atoms with Crippen LogP contribution in [0.2, 0.25) is 0 Å². The lowest BCUT2D eigenvalue weighted by molar-refractivity contribution is 0.0281. The van der Waals surface area contributed by atoms with Crippen LogP contribution in [0.25, 0.3) is 0 Å². The molecule has 0 aliphatic carbocycles. The van der Waals surface area contributed by atoms with Crippen LogP contribution < -0.4 is 5.32 Å². The lowest BCUT2D eigenvalue weighted by atomic mass is 10.1. The average Bonchev–Trinajstić information content (AvgIpc) is 2.95. The molecule has 2 amide bonds. The number of nitrogens with zero attached hydrogens (tertiary/aromatic N) is 1. The van der Waals surface area contributed by atoms with Gasteiger partial charge in [-0.3, -0.25) is 0 Å². The van der Waals surface area contributed by atoms with Crippen molar-refractivity contribution >= 4 is 12.2 Å². The maximum absolute atomic E-state index is 12.1. The quantitative estimate of drug-likeness (QED) is 0.869. The van der Waals surface area contributed by atoms with E-state index in [2.05, 4.69) is 5.32 Å². The van der Waals surface area contributed by atoms with Crippen molar-refractivity contribution in [2.24, 2.45) is 5.92 Å². The van der Waals surface area contributed by atoms with Crippen molar-refractivity contribution in [3.63, 3.8) is 0 Å². The Hall–Kier alpha value is -2.28. The highest BCUT2D eigenvalue weighted by Gasteiger charge is 2.37. The van der Waals surface area contributed by atoms with Gasteiger partial charge in [-0.25, -0.2) is 9.59 Å². The van der Waals surface area contributed by atoms with Gasteiger partial charge in [0, 0.05) is 25.6 Å². The van der Waals surface area contributed by atoms with E-state index in [1.54, 1.807) is 20.8 Å². The molecule has 138 valence electrons. The van der Waals surface area contributed by atoms with Gasteiger partial charge in [0.15, 0.2) is 0 Å². The zero-order chi connectivity index (χ0) is 18.4. The van der Waals surface area contributed by atoms with Crippen molar-refractivity contribution in [2.75, 3.05) is 19.7 Å². The minimum Gasteiger partial charge on any atom is -0.445 e. The van der Waals surface area contributed by atoms with Crippen molar-refractivity contribution in [1.29, 1.82) is 0 Å². The van der Waals surface area contributed by atoms with Crippen molar-refractivity contribution in [2.45, 2.75) is 39.0 Å². The number of hydrogen-bond acceptors (Lipinski definition) is 5. The molecule has 7 heteroatoms. The second-order valence-electron chi connectivity index (χ2n) is 7.14. The van der Waals surface area contributed by atoms with Gasteiger partial charge >= 0.3 is 12.2 Å². The number of alkyl carbamates (subject to hydrolysis) is 1. The minimum atomic E-state index is -0.591. The SMILES string of the molecule is CC(C)(C)OC(=O)N1C[C@@H](CO)[C@@H](NC(=O)OCc2ccccc2)C1. The largest absolute Gasteiger partial charge is 0.445 e. The lowest BCUT2D eigenvalue weighted by Gasteiger charge is -2.24. The fourth-order valence-corrected chi connectivity index (χ4v) is 2.61. The van der Waals surface area contributed by atoms with E-state index in [4.69, 9.17) is 9.47 Å². The Morgan fingerprint density at radius 3 is 2.52 bits per heavy atom. The predicted molar refractivity (Wildman–Crippen MR) is 91.9 cm³/mol. The second kappa shape index (κ2) is 8.20. The molecule has 0 radical (unpaired) electrons. The Bertz CT molecular complexity index is 585. The molecule has 2 N–H and O–H groups in total. The molecule has 1 saturated heterocycles. The maximum Gasteiger partial charge on any atom is 0.410 e. The first-order valence-electron chi connectivity index (χ1n) is 8.34. The summed E-state index contributed by atoms with van der Waals surface area (Å²) in [6.07, 6.45) is -1.02. The molecule has 1 heterocycles. The molecule has 1 aliphatic rings. The highest BCUT2D eigenvalue weighted by molar-refractivity contribution is 5.70. The van der Waals surface area contributed by atoms with E-state index in [-0.39, 0.29) is 31.7 Å². The first kappa shape index (κ1) is 19.1. The Morgan fingerprint density at radius 1 is 1.24 bits per heavy atom. The first-order valence-corrected chi connectivity index (χ1v) is 8.34. The predicted octanol–water partition coefficient (Wildman–Crippen LogP) is 2.14. The highest BCUT2D eigenvalue weighted by atomic mass is 16.6. The third kappa shape index (κ3) is 5.94. The number of benzene rings is 1. The summed E-state index contributed by atoms with van der Waals surface area (Å²) >= 11 is 0. The normalized spacial score (nSPS) is 20.2. The van der Waals surface area contributed by atoms with Crippen LogP contribution in [-0.4, -0.2) is 53.5 Å². The van der Waals surface area contributed by atoms with Crippen LogP contribution in [-0.2, 0) is 16.1 Å². The summed E-state index contributed by atoms with van der Waals surface area (Å²) in [5, 5.41) is 12.2. The Balaban J connectivity index is 1.85. The molecule has 7 nitrogen and oxygen atoms in total. The van der Waals surface area contributed by atoms with Crippen molar-refractivity contribution in [3.8, 4) is 0 Å². The van der Waals surface area contributed by atoms with E-state index in [1.807, 2.05) is 30.3 Å². The molecule has 0 spiro atoms. The fourth-order valence-electron chi connectivity index (χ4n) is 2.61. The molecule has 0 unspecified atom stereocenters. The molecule has 0 bridgehead atoms. The number of rotatable bonds is 4. The molecule has 1 aliphatic heterocycles.